The Balaban J connectivity index is 1.63. The molecule has 0 spiro atoms. The number of rotatable bonds is 5. The summed E-state index contributed by atoms with van der Waals surface area (Å²) in [6, 6.07) is 9.64. The summed E-state index contributed by atoms with van der Waals surface area (Å²) in [5, 5.41) is 3.01. The fourth-order valence-electron chi connectivity index (χ4n) is 2.42. The van der Waals surface area contributed by atoms with E-state index in [1.54, 1.807) is 6.92 Å². The Bertz CT molecular complexity index is 468. The van der Waals surface area contributed by atoms with Gasteiger partial charge in [-0.3, -0.25) is 9.59 Å². The highest BCUT2D eigenvalue weighted by Crippen LogP contribution is 2.11. The number of piperidine rings is 1. The van der Waals surface area contributed by atoms with Gasteiger partial charge in [0.2, 0.25) is 11.8 Å². The quantitative estimate of drug-likeness (QED) is 0.895. The van der Waals surface area contributed by atoms with E-state index in [1.807, 2.05) is 35.2 Å². The Morgan fingerprint density at radius 3 is 2.52 bits per heavy atom. The van der Waals surface area contributed by atoms with Crippen molar-refractivity contribution in [1.29, 1.82) is 0 Å². The van der Waals surface area contributed by atoms with E-state index in [9.17, 15) is 9.59 Å². The molecule has 0 aliphatic carbocycles. The fraction of sp³-hybridized carbons (Fsp3) is 0.500. The summed E-state index contributed by atoms with van der Waals surface area (Å²) in [5.41, 5.74) is 0. The molecule has 1 N–H and O–H groups in total. The smallest absolute Gasteiger partial charge is 0.223 e. The van der Waals surface area contributed by atoms with Crippen molar-refractivity contribution in [3.05, 3.63) is 30.3 Å². The number of hydrogen-bond acceptors (Lipinski definition) is 3. The van der Waals surface area contributed by atoms with Crippen LogP contribution in [0.5, 0.6) is 5.75 Å². The Hall–Kier alpha value is -2.04. The summed E-state index contributed by atoms with van der Waals surface area (Å²) in [6.07, 6.45) is 2.00. The van der Waals surface area contributed by atoms with Crippen LogP contribution in [0.25, 0.3) is 0 Å². The van der Waals surface area contributed by atoms with Crippen molar-refractivity contribution in [2.75, 3.05) is 19.7 Å². The van der Waals surface area contributed by atoms with Crippen LogP contribution in [0.3, 0.4) is 0 Å². The van der Waals surface area contributed by atoms with Crippen molar-refractivity contribution in [2.45, 2.75) is 32.2 Å². The van der Waals surface area contributed by atoms with Crippen LogP contribution in [0.15, 0.2) is 30.3 Å². The minimum atomic E-state index is 0.00667. The number of carbonyl (C=O) groups is 2. The van der Waals surface area contributed by atoms with Crippen molar-refractivity contribution < 1.29 is 14.3 Å². The summed E-state index contributed by atoms with van der Waals surface area (Å²) in [7, 11) is 0. The van der Waals surface area contributed by atoms with E-state index in [2.05, 4.69) is 5.32 Å². The number of benzene rings is 1. The van der Waals surface area contributed by atoms with Gasteiger partial charge in [-0.15, -0.1) is 0 Å². The van der Waals surface area contributed by atoms with Gasteiger partial charge in [0.1, 0.15) is 5.75 Å². The van der Waals surface area contributed by atoms with E-state index in [0.717, 1.165) is 31.7 Å². The number of nitrogens with one attached hydrogen (secondary N) is 1. The van der Waals surface area contributed by atoms with Gasteiger partial charge in [0, 0.05) is 26.1 Å². The van der Waals surface area contributed by atoms with Crippen molar-refractivity contribution in [3.8, 4) is 5.75 Å². The van der Waals surface area contributed by atoms with Crippen LogP contribution in [0.4, 0.5) is 0 Å². The number of ether oxygens (including phenoxy) is 1. The highest BCUT2D eigenvalue weighted by molar-refractivity contribution is 5.76. The van der Waals surface area contributed by atoms with Gasteiger partial charge in [-0.05, 0) is 25.0 Å². The zero-order chi connectivity index (χ0) is 15.1. The summed E-state index contributed by atoms with van der Waals surface area (Å²) >= 11 is 0. The second-order valence-corrected chi connectivity index (χ2v) is 5.26. The first-order valence-corrected chi connectivity index (χ1v) is 7.38. The first-order chi connectivity index (χ1) is 10.1. The van der Waals surface area contributed by atoms with Gasteiger partial charge in [-0.1, -0.05) is 18.2 Å². The lowest BCUT2D eigenvalue weighted by atomic mass is 10.0. The first kappa shape index (κ1) is 15.4. The maximum absolute atomic E-state index is 11.8. The minimum Gasteiger partial charge on any atom is -0.493 e. The molecule has 1 aliphatic rings. The number of nitrogens with zero attached hydrogens (tertiary/aromatic N) is 1. The molecule has 1 saturated heterocycles. The molecule has 114 valence electrons. The van der Waals surface area contributed by atoms with Crippen molar-refractivity contribution >= 4 is 11.8 Å². The largest absolute Gasteiger partial charge is 0.493 e. The normalized spacial score (nSPS) is 15.6. The predicted octanol–water partition coefficient (Wildman–Crippen LogP) is 1.58. The highest BCUT2D eigenvalue weighted by Gasteiger charge is 2.21. The molecule has 2 amide bonds. The van der Waals surface area contributed by atoms with Crippen LogP contribution in [0.2, 0.25) is 0 Å². The number of amides is 2. The second-order valence-electron chi connectivity index (χ2n) is 5.26. The number of carbonyl (C=O) groups excluding carboxylic acids is 2. The van der Waals surface area contributed by atoms with Crippen molar-refractivity contribution in [2.24, 2.45) is 0 Å². The standard InChI is InChI=1S/C16H22N2O3/c1-13(19)18-10-7-14(8-11-18)17-16(20)9-12-21-15-5-3-2-4-6-15/h2-6,14H,7-12H2,1H3,(H,17,20). The van der Waals surface area contributed by atoms with Gasteiger partial charge in [-0.25, -0.2) is 0 Å². The van der Waals surface area contributed by atoms with Gasteiger partial charge in [0.25, 0.3) is 0 Å². The zero-order valence-electron chi connectivity index (χ0n) is 12.4. The third-order valence-corrected chi connectivity index (χ3v) is 3.65. The van der Waals surface area contributed by atoms with Crippen LogP contribution < -0.4 is 10.1 Å². The Morgan fingerprint density at radius 1 is 1.24 bits per heavy atom. The molecule has 0 unspecified atom stereocenters. The summed E-state index contributed by atoms with van der Waals surface area (Å²) < 4.78 is 5.50. The average Bonchev–Trinajstić information content (AvgIpc) is 2.49. The zero-order valence-corrected chi connectivity index (χ0v) is 12.4. The second kappa shape index (κ2) is 7.67. The van der Waals surface area contributed by atoms with E-state index < -0.39 is 0 Å². The molecule has 21 heavy (non-hydrogen) atoms. The molecule has 1 aliphatic heterocycles. The lowest BCUT2D eigenvalue weighted by molar-refractivity contribution is -0.130. The molecule has 5 heteroatoms. The van der Waals surface area contributed by atoms with Crippen molar-refractivity contribution in [1.82, 2.24) is 10.2 Å². The molecular formula is C16H22N2O3. The molecule has 1 fully saturated rings. The third-order valence-electron chi connectivity index (χ3n) is 3.65. The molecule has 0 radical (unpaired) electrons. The van der Waals surface area contributed by atoms with E-state index in [1.165, 1.54) is 0 Å². The van der Waals surface area contributed by atoms with Crippen LogP contribution in [-0.2, 0) is 9.59 Å². The average molecular weight is 290 g/mol. The molecule has 5 nitrogen and oxygen atoms in total. The van der Waals surface area contributed by atoms with Gasteiger partial charge < -0.3 is 15.0 Å². The molecule has 1 aromatic rings. The van der Waals surface area contributed by atoms with E-state index in [4.69, 9.17) is 4.74 Å². The summed E-state index contributed by atoms with van der Waals surface area (Å²) in [6.45, 7) is 3.41. The highest BCUT2D eigenvalue weighted by atomic mass is 16.5. The molecule has 0 aromatic heterocycles. The molecule has 0 atom stereocenters. The predicted molar refractivity (Wildman–Crippen MR) is 80.0 cm³/mol. The topological polar surface area (TPSA) is 58.6 Å². The van der Waals surface area contributed by atoms with Crippen LogP contribution >= 0.6 is 0 Å². The van der Waals surface area contributed by atoms with E-state index in [0.29, 0.717) is 13.0 Å². The SMILES string of the molecule is CC(=O)N1CCC(NC(=O)CCOc2ccccc2)CC1. The van der Waals surface area contributed by atoms with Gasteiger partial charge in [-0.2, -0.15) is 0 Å². The van der Waals surface area contributed by atoms with Crippen LogP contribution in [0.1, 0.15) is 26.2 Å². The lowest BCUT2D eigenvalue weighted by Gasteiger charge is -2.31. The maximum atomic E-state index is 11.8. The number of para-hydroxylation sites is 1. The Labute approximate surface area is 125 Å². The van der Waals surface area contributed by atoms with Gasteiger partial charge in [0.05, 0.1) is 13.0 Å². The molecular weight excluding hydrogens is 268 g/mol. The molecule has 2 rings (SSSR count). The Morgan fingerprint density at radius 2 is 1.90 bits per heavy atom. The number of hydrogen-bond donors (Lipinski definition) is 1. The Kier molecular flexibility index (Phi) is 5.60. The maximum Gasteiger partial charge on any atom is 0.223 e. The van der Waals surface area contributed by atoms with Gasteiger partial charge >= 0.3 is 0 Å². The first-order valence-electron chi connectivity index (χ1n) is 7.38. The van der Waals surface area contributed by atoms with Gasteiger partial charge in [0.15, 0.2) is 0 Å². The van der Waals surface area contributed by atoms with E-state index >= 15 is 0 Å². The van der Waals surface area contributed by atoms with Crippen LogP contribution in [0, 0.1) is 0 Å². The monoisotopic (exact) mass is 290 g/mol. The van der Waals surface area contributed by atoms with Crippen molar-refractivity contribution in [3.63, 3.8) is 0 Å². The summed E-state index contributed by atoms with van der Waals surface area (Å²) in [5.74, 6) is 0.892. The third kappa shape index (κ3) is 5.10. The van der Waals surface area contributed by atoms with Crippen LogP contribution in [-0.4, -0.2) is 42.5 Å². The van der Waals surface area contributed by atoms with E-state index in [-0.39, 0.29) is 17.9 Å². The molecule has 1 heterocycles. The lowest BCUT2D eigenvalue weighted by Crippen LogP contribution is -2.46. The molecule has 1 aromatic carbocycles. The summed E-state index contributed by atoms with van der Waals surface area (Å²) in [4.78, 5) is 24.9. The molecule has 0 saturated carbocycles. The fourth-order valence-corrected chi connectivity index (χ4v) is 2.42. The number of likely N-dealkylation sites (tertiary alicyclic amines) is 1. The minimum absolute atomic E-state index is 0.00667. The molecule has 0 bridgehead atoms.